The fourth-order valence-electron chi connectivity index (χ4n) is 4.45. The molecular weight excluding hydrogens is 431 g/mol. The van der Waals surface area contributed by atoms with Crippen molar-refractivity contribution in [1.82, 2.24) is 14.7 Å². The van der Waals surface area contributed by atoms with Gasteiger partial charge in [-0.1, -0.05) is 61.3 Å². The zero-order chi connectivity index (χ0) is 22.0. The molecule has 4 rings (SSSR count). The first-order valence-electron chi connectivity index (χ1n) is 10.9. The molecule has 1 fully saturated rings. The van der Waals surface area contributed by atoms with Crippen molar-refractivity contribution in [2.75, 3.05) is 38.0 Å². The van der Waals surface area contributed by atoms with E-state index < -0.39 is 0 Å². The number of anilines is 1. The molecule has 1 saturated heterocycles. The summed E-state index contributed by atoms with van der Waals surface area (Å²) in [7, 11) is 0. The van der Waals surface area contributed by atoms with Crippen molar-refractivity contribution in [3.8, 4) is 0 Å². The zero-order valence-electron chi connectivity index (χ0n) is 18.2. The van der Waals surface area contributed by atoms with Gasteiger partial charge in [-0.15, -0.1) is 0 Å². The van der Waals surface area contributed by atoms with Gasteiger partial charge in [0.2, 0.25) is 0 Å². The molecule has 7 heteroatoms. The molecule has 31 heavy (non-hydrogen) atoms. The number of urea groups is 1. The van der Waals surface area contributed by atoms with Crippen LogP contribution in [0, 0.1) is 5.92 Å². The number of fused-ring (bicyclic) bond motifs is 1. The highest BCUT2D eigenvalue weighted by Crippen LogP contribution is 2.27. The van der Waals surface area contributed by atoms with Crippen molar-refractivity contribution in [2.24, 2.45) is 5.92 Å². The van der Waals surface area contributed by atoms with Crippen LogP contribution < -0.4 is 5.32 Å². The molecule has 2 heterocycles. The van der Waals surface area contributed by atoms with Gasteiger partial charge in [0.1, 0.15) is 0 Å². The average molecular weight is 461 g/mol. The number of nitrogens with one attached hydrogen (secondary N) is 1. The van der Waals surface area contributed by atoms with E-state index in [1.165, 1.54) is 11.1 Å². The van der Waals surface area contributed by atoms with Crippen LogP contribution in [0.25, 0.3) is 0 Å². The van der Waals surface area contributed by atoms with Crippen molar-refractivity contribution < 1.29 is 4.79 Å². The number of piperazine rings is 1. The van der Waals surface area contributed by atoms with Crippen LogP contribution in [0.2, 0.25) is 10.0 Å². The fraction of sp³-hybridized carbons (Fsp3) is 0.458. The standard InChI is InChI=1S/C24H30Cl2N4O/c1-17(2)23(30-15-19-5-3-4-6-22(19)27-24(30)31)16-29-11-9-28(10-12-29)14-18-7-8-20(25)21(26)13-18/h3-8,13,17,23H,9-12,14-16H2,1-2H3,(H,27,31). The number of hydrogen-bond acceptors (Lipinski definition) is 3. The van der Waals surface area contributed by atoms with E-state index in [1.54, 1.807) is 0 Å². The number of rotatable bonds is 6. The Hall–Kier alpha value is -1.79. The number of benzene rings is 2. The number of carbonyl (C=O) groups is 1. The minimum atomic E-state index is 0.00986. The van der Waals surface area contributed by atoms with E-state index in [0.29, 0.717) is 22.5 Å². The highest BCUT2D eigenvalue weighted by molar-refractivity contribution is 6.42. The lowest BCUT2D eigenvalue weighted by atomic mass is 9.99. The number of amides is 2. The Kier molecular flexibility index (Phi) is 7.07. The zero-order valence-corrected chi connectivity index (χ0v) is 19.7. The lowest BCUT2D eigenvalue weighted by Gasteiger charge is -2.42. The maximum Gasteiger partial charge on any atom is 0.322 e. The maximum absolute atomic E-state index is 12.8. The lowest BCUT2D eigenvalue weighted by molar-refractivity contribution is 0.0806. The van der Waals surface area contributed by atoms with E-state index in [2.05, 4.69) is 35.0 Å². The van der Waals surface area contributed by atoms with Crippen LogP contribution in [0.1, 0.15) is 25.0 Å². The normalized spacial score (nSPS) is 18.7. The Morgan fingerprint density at radius 2 is 1.68 bits per heavy atom. The summed E-state index contributed by atoms with van der Waals surface area (Å²) in [5, 5.41) is 4.27. The minimum absolute atomic E-state index is 0.00986. The number of hydrogen-bond donors (Lipinski definition) is 1. The third-order valence-electron chi connectivity index (χ3n) is 6.33. The molecule has 2 aliphatic rings. The molecule has 2 aromatic rings. The maximum atomic E-state index is 12.8. The summed E-state index contributed by atoms with van der Waals surface area (Å²) in [6.07, 6.45) is 0. The third kappa shape index (κ3) is 5.35. The van der Waals surface area contributed by atoms with Gasteiger partial charge >= 0.3 is 6.03 Å². The number of para-hydroxylation sites is 1. The minimum Gasteiger partial charge on any atom is -0.316 e. The number of halogens is 2. The molecule has 0 aliphatic carbocycles. The molecule has 2 aromatic carbocycles. The highest BCUT2D eigenvalue weighted by atomic mass is 35.5. The van der Waals surface area contributed by atoms with Crippen molar-refractivity contribution in [2.45, 2.75) is 33.0 Å². The highest BCUT2D eigenvalue weighted by Gasteiger charge is 2.32. The van der Waals surface area contributed by atoms with Gasteiger partial charge in [0.15, 0.2) is 0 Å². The van der Waals surface area contributed by atoms with E-state index in [-0.39, 0.29) is 12.1 Å². The van der Waals surface area contributed by atoms with E-state index in [9.17, 15) is 4.79 Å². The van der Waals surface area contributed by atoms with E-state index in [0.717, 1.165) is 45.0 Å². The topological polar surface area (TPSA) is 38.8 Å². The van der Waals surface area contributed by atoms with Crippen LogP contribution in [0.4, 0.5) is 10.5 Å². The Labute approximate surface area is 194 Å². The molecular formula is C24H30Cl2N4O. The molecule has 2 aliphatic heterocycles. The molecule has 2 amide bonds. The predicted octanol–water partition coefficient (Wildman–Crippen LogP) is 5.18. The molecule has 166 valence electrons. The van der Waals surface area contributed by atoms with Crippen LogP contribution in [-0.2, 0) is 13.1 Å². The Morgan fingerprint density at radius 1 is 0.968 bits per heavy atom. The number of carbonyl (C=O) groups excluding carboxylic acids is 1. The first-order chi connectivity index (χ1) is 14.9. The molecule has 1 N–H and O–H groups in total. The van der Waals surface area contributed by atoms with E-state index in [4.69, 9.17) is 23.2 Å². The summed E-state index contributed by atoms with van der Waals surface area (Å²) < 4.78 is 0. The average Bonchev–Trinajstić information content (AvgIpc) is 2.75. The second-order valence-electron chi connectivity index (χ2n) is 8.85. The van der Waals surface area contributed by atoms with Crippen molar-refractivity contribution in [1.29, 1.82) is 0 Å². The molecule has 1 atom stereocenters. The van der Waals surface area contributed by atoms with Crippen LogP contribution in [0.3, 0.4) is 0 Å². The van der Waals surface area contributed by atoms with Gasteiger partial charge in [0, 0.05) is 57.5 Å². The SMILES string of the molecule is CC(C)C(CN1CCN(Cc2ccc(Cl)c(Cl)c2)CC1)N1Cc2ccccc2NC1=O. The second kappa shape index (κ2) is 9.78. The van der Waals surface area contributed by atoms with Crippen LogP contribution in [-0.4, -0.2) is 59.5 Å². The molecule has 0 saturated carbocycles. The van der Waals surface area contributed by atoms with Crippen molar-refractivity contribution >= 4 is 34.9 Å². The van der Waals surface area contributed by atoms with Gasteiger partial charge in [-0.3, -0.25) is 9.80 Å². The van der Waals surface area contributed by atoms with E-state index >= 15 is 0 Å². The Balaban J connectivity index is 1.35. The van der Waals surface area contributed by atoms with Crippen LogP contribution in [0.15, 0.2) is 42.5 Å². The first-order valence-corrected chi connectivity index (χ1v) is 11.7. The largest absolute Gasteiger partial charge is 0.322 e. The van der Waals surface area contributed by atoms with Gasteiger partial charge < -0.3 is 10.2 Å². The van der Waals surface area contributed by atoms with E-state index in [1.807, 2.05) is 41.3 Å². The Morgan fingerprint density at radius 3 is 2.39 bits per heavy atom. The Bertz CT molecular complexity index is 928. The molecule has 0 radical (unpaired) electrons. The van der Waals surface area contributed by atoms with Gasteiger partial charge in [0.25, 0.3) is 0 Å². The summed E-state index contributed by atoms with van der Waals surface area (Å²) in [6.45, 7) is 10.9. The summed E-state index contributed by atoms with van der Waals surface area (Å²) >= 11 is 12.2. The summed E-state index contributed by atoms with van der Waals surface area (Å²) in [5.74, 6) is 0.380. The fourth-order valence-corrected chi connectivity index (χ4v) is 4.77. The molecule has 0 bridgehead atoms. The monoisotopic (exact) mass is 460 g/mol. The summed E-state index contributed by atoms with van der Waals surface area (Å²) in [6, 6.07) is 14.1. The number of nitrogens with zero attached hydrogens (tertiary/aromatic N) is 3. The quantitative estimate of drug-likeness (QED) is 0.644. The van der Waals surface area contributed by atoms with Crippen LogP contribution >= 0.6 is 23.2 Å². The van der Waals surface area contributed by atoms with Gasteiger partial charge in [-0.2, -0.15) is 0 Å². The van der Waals surface area contributed by atoms with Crippen molar-refractivity contribution in [3.05, 3.63) is 63.6 Å². The van der Waals surface area contributed by atoms with Crippen LogP contribution in [0.5, 0.6) is 0 Å². The summed E-state index contributed by atoms with van der Waals surface area (Å²) in [4.78, 5) is 19.8. The van der Waals surface area contributed by atoms with Crippen molar-refractivity contribution in [3.63, 3.8) is 0 Å². The predicted molar refractivity (Wildman–Crippen MR) is 128 cm³/mol. The molecule has 5 nitrogen and oxygen atoms in total. The van der Waals surface area contributed by atoms with Gasteiger partial charge in [-0.05, 0) is 35.2 Å². The molecule has 0 aromatic heterocycles. The summed E-state index contributed by atoms with van der Waals surface area (Å²) in [5.41, 5.74) is 3.30. The molecule has 1 unspecified atom stereocenters. The van der Waals surface area contributed by atoms with Gasteiger partial charge in [0.05, 0.1) is 10.0 Å². The second-order valence-corrected chi connectivity index (χ2v) is 9.67. The van der Waals surface area contributed by atoms with Gasteiger partial charge in [-0.25, -0.2) is 4.79 Å². The lowest BCUT2D eigenvalue weighted by Crippen LogP contribution is -2.55. The first kappa shape index (κ1) is 22.4. The molecule has 0 spiro atoms. The smallest absolute Gasteiger partial charge is 0.316 e. The third-order valence-corrected chi connectivity index (χ3v) is 7.07.